The molecule has 1 aromatic rings. The van der Waals surface area contributed by atoms with Crippen molar-refractivity contribution in [1.29, 1.82) is 0 Å². The van der Waals surface area contributed by atoms with Crippen LogP contribution < -0.4 is 5.32 Å². The number of hydrogen-bond donors (Lipinski definition) is 1. The molecule has 1 atom stereocenters. The molecular weight excluding hydrogens is 297 g/mol. The monoisotopic (exact) mass is 319 g/mol. The van der Waals surface area contributed by atoms with E-state index in [4.69, 9.17) is 4.74 Å². The molecule has 0 aliphatic heterocycles. The Morgan fingerprint density at radius 3 is 2.39 bits per heavy atom. The Hall–Kier alpha value is -1.91. The smallest absolute Gasteiger partial charge is 0.317 e. The van der Waals surface area contributed by atoms with E-state index in [1.807, 2.05) is 0 Å². The van der Waals surface area contributed by atoms with E-state index in [0.717, 1.165) is 31.2 Å². The van der Waals surface area contributed by atoms with Gasteiger partial charge in [0.2, 0.25) is 0 Å². The van der Waals surface area contributed by atoms with E-state index in [-0.39, 0.29) is 23.7 Å². The zero-order chi connectivity index (χ0) is 16.4. The summed E-state index contributed by atoms with van der Waals surface area (Å²) in [5.41, 5.74) is 0.0261. The van der Waals surface area contributed by atoms with Crippen molar-refractivity contribution in [3.63, 3.8) is 0 Å². The summed E-state index contributed by atoms with van der Waals surface area (Å²) in [7, 11) is 0. The predicted octanol–water partition coefficient (Wildman–Crippen LogP) is 2.85. The van der Waals surface area contributed by atoms with E-state index < -0.39 is 11.5 Å². The average Bonchev–Trinajstić information content (AvgIpc) is 3.20. The fourth-order valence-corrected chi connectivity index (χ4v) is 3.23. The van der Waals surface area contributed by atoms with Gasteiger partial charge in [0, 0.05) is 6.04 Å². The molecule has 1 N–H and O–H groups in total. The van der Waals surface area contributed by atoms with Crippen molar-refractivity contribution >= 4 is 11.9 Å². The Labute approximate surface area is 135 Å². The van der Waals surface area contributed by atoms with Gasteiger partial charge in [-0.15, -0.1) is 0 Å². The summed E-state index contributed by atoms with van der Waals surface area (Å²) < 4.78 is 18.6. The Balaban J connectivity index is 1.73. The van der Waals surface area contributed by atoms with Gasteiger partial charge >= 0.3 is 5.97 Å². The number of esters is 1. The molecule has 23 heavy (non-hydrogen) atoms. The lowest BCUT2D eigenvalue weighted by Crippen LogP contribution is -2.42. The third-order valence-corrected chi connectivity index (χ3v) is 4.82. The van der Waals surface area contributed by atoms with Crippen LogP contribution in [0, 0.1) is 5.82 Å². The number of hydrogen-bond acceptors (Lipinski definition) is 3. The van der Waals surface area contributed by atoms with Crippen LogP contribution in [0.5, 0.6) is 0 Å². The van der Waals surface area contributed by atoms with Gasteiger partial charge in [-0.05, 0) is 50.3 Å². The first-order valence-corrected chi connectivity index (χ1v) is 8.29. The second-order valence-electron chi connectivity index (χ2n) is 6.63. The molecule has 0 aromatic heterocycles. The second kappa shape index (κ2) is 6.30. The highest BCUT2D eigenvalue weighted by atomic mass is 19.1. The molecule has 5 heteroatoms. The quantitative estimate of drug-likeness (QED) is 0.849. The van der Waals surface area contributed by atoms with Crippen molar-refractivity contribution < 1.29 is 18.7 Å². The lowest BCUT2D eigenvalue weighted by Gasteiger charge is -2.28. The van der Waals surface area contributed by atoms with Crippen molar-refractivity contribution in [2.24, 2.45) is 0 Å². The molecule has 0 radical (unpaired) electrons. The number of amides is 1. The minimum Gasteiger partial charge on any atom is -0.452 e. The van der Waals surface area contributed by atoms with E-state index in [1.165, 1.54) is 12.1 Å². The van der Waals surface area contributed by atoms with Crippen molar-refractivity contribution in [2.45, 2.75) is 63.0 Å². The Morgan fingerprint density at radius 2 is 1.83 bits per heavy atom. The van der Waals surface area contributed by atoms with Gasteiger partial charge in [-0.25, -0.2) is 4.39 Å². The van der Waals surface area contributed by atoms with Crippen molar-refractivity contribution in [3.8, 4) is 0 Å². The molecule has 124 valence electrons. The Morgan fingerprint density at radius 1 is 1.22 bits per heavy atom. The summed E-state index contributed by atoms with van der Waals surface area (Å²) >= 11 is 0. The van der Waals surface area contributed by atoms with E-state index in [1.54, 1.807) is 19.1 Å². The van der Waals surface area contributed by atoms with Crippen LogP contribution in [0.3, 0.4) is 0 Å². The fraction of sp³-hybridized carbons (Fsp3) is 0.556. The van der Waals surface area contributed by atoms with Gasteiger partial charge in [0.15, 0.2) is 6.10 Å². The summed E-state index contributed by atoms with van der Waals surface area (Å²) in [6, 6.07) is 6.27. The van der Waals surface area contributed by atoms with Crippen molar-refractivity contribution in [2.75, 3.05) is 0 Å². The van der Waals surface area contributed by atoms with Gasteiger partial charge < -0.3 is 10.1 Å². The van der Waals surface area contributed by atoms with Gasteiger partial charge in [0.1, 0.15) is 5.82 Å². The topological polar surface area (TPSA) is 55.4 Å². The zero-order valence-electron chi connectivity index (χ0n) is 13.3. The molecule has 2 aliphatic carbocycles. The highest BCUT2D eigenvalue weighted by Gasteiger charge is 2.45. The third-order valence-electron chi connectivity index (χ3n) is 4.82. The molecule has 1 aromatic carbocycles. The highest BCUT2D eigenvalue weighted by Crippen LogP contribution is 2.42. The minimum absolute atomic E-state index is 0.237. The Bertz CT molecular complexity index is 589. The van der Waals surface area contributed by atoms with Crippen LogP contribution in [0.25, 0.3) is 0 Å². The van der Waals surface area contributed by atoms with E-state index in [9.17, 15) is 14.0 Å². The molecule has 0 bridgehead atoms. The number of benzene rings is 1. The molecule has 4 nitrogen and oxygen atoms in total. The molecule has 2 aliphatic rings. The minimum atomic E-state index is -0.805. The summed E-state index contributed by atoms with van der Waals surface area (Å²) in [6.07, 6.45) is 4.38. The molecule has 0 unspecified atom stereocenters. The van der Waals surface area contributed by atoms with Crippen LogP contribution in [-0.2, 0) is 19.7 Å². The summed E-state index contributed by atoms with van der Waals surface area (Å²) in [4.78, 5) is 24.8. The fourth-order valence-electron chi connectivity index (χ4n) is 3.23. The van der Waals surface area contributed by atoms with Gasteiger partial charge in [-0.3, -0.25) is 9.59 Å². The first kappa shape index (κ1) is 16.0. The van der Waals surface area contributed by atoms with Crippen LogP contribution in [0.15, 0.2) is 24.3 Å². The van der Waals surface area contributed by atoms with Gasteiger partial charge in [0.25, 0.3) is 5.91 Å². The third kappa shape index (κ3) is 3.38. The maximum Gasteiger partial charge on any atom is 0.317 e. The zero-order valence-corrected chi connectivity index (χ0v) is 13.3. The highest BCUT2D eigenvalue weighted by molar-refractivity contribution is 5.88. The maximum absolute atomic E-state index is 13.2. The number of rotatable bonds is 5. The number of carbonyl (C=O) groups excluding carboxylic acids is 2. The molecule has 0 saturated heterocycles. The predicted molar refractivity (Wildman–Crippen MR) is 83.3 cm³/mol. The summed E-state index contributed by atoms with van der Waals surface area (Å²) in [6.45, 7) is 1.60. The van der Waals surface area contributed by atoms with Crippen molar-refractivity contribution in [1.82, 2.24) is 5.32 Å². The second-order valence-corrected chi connectivity index (χ2v) is 6.63. The largest absolute Gasteiger partial charge is 0.452 e. The lowest BCUT2D eigenvalue weighted by atomic mass is 9.79. The van der Waals surface area contributed by atoms with Gasteiger partial charge in [0.05, 0.1) is 5.41 Å². The normalized spacial score (nSPS) is 20.8. The number of ether oxygens (including phenoxy) is 1. The molecule has 2 fully saturated rings. The van der Waals surface area contributed by atoms with E-state index in [0.29, 0.717) is 12.8 Å². The number of nitrogens with one attached hydrogen (secondary N) is 1. The van der Waals surface area contributed by atoms with E-state index >= 15 is 0 Å². The molecule has 3 rings (SSSR count). The molecular formula is C18H22FNO3. The van der Waals surface area contributed by atoms with Crippen molar-refractivity contribution in [3.05, 3.63) is 35.6 Å². The average molecular weight is 319 g/mol. The van der Waals surface area contributed by atoms with Crippen LogP contribution in [0.2, 0.25) is 0 Å². The summed E-state index contributed by atoms with van der Waals surface area (Å²) in [5.74, 6) is -0.944. The van der Waals surface area contributed by atoms with Crippen LogP contribution in [0.4, 0.5) is 4.39 Å². The first-order valence-electron chi connectivity index (χ1n) is 8.29. The van der Waals surface area contributed by atoms with E-state index in [2.05, 4.69) is 5.32 Å². The van der Waals surface area contributed by atoms with Crippen LogP contribution in [0.1, 0.15) is 51.0 Å². The summed E-state index contributed by atoms with van der Waals surface area (Å²) in [5, 5.41) is 2.84. The Kier molecular flexibility index (Phi) is 4.37. The molecule has 1 amide bonds. The molecule has 2 saturated carbocycles. The standard InChI is InChI=1S/C18H22FNO3/c1-12(16(21)20-15-8-9-15)23-17(22)18(10-2-3-11-18)13-4-6-14(19)7-5-13/h4-7,12,15H,2-3,8-11H2,1H3,(H,20,21)/t12-/m1/s1. The van der Waals surface area contributed by atoms with Crippen LogP contribution in [-0.4, -0.2) is 24.0 Å². The van der Waals surface area contributed by atoms with Crippen LogP contribution >= 0.6 is 0 Å². The van der Waals surface area contributed by atoms with Gasteiger partial charge in [-0.1, -0.05) is 25.0 Å². The first-order chi connectivity index (χ1) is 11.0. The maximum atomic E-state index is 13.2. The lowest BCUT2D eigenvalue weighted by molar-refractivity contribution is -0.160. The van der Waals surface area contributed by atoms with Gasteiger partial charge in [-0.2, -0.15) is 0 Å². The molecule has 0 spiro atoms. The SMILES string of the molecule is C[C@@H](OC(=O)C1(c2ccc(F)cc2)CCCC1)C(=O)NC1CC1. The number of carbonyl (C=O) groups is 2. The molecule has 0 heterocycles. The number of halogens is 1.